The van der Waals surface area contributed by atoms with Crippen LogP contribution in [0.4, 0.5) is 0 Å². The average Bonchev–Trinajstić information content (AvgIpc) is 2.47. The molecule has 0 saturated carbocycles. The number of rotatable bonds is 2. The molecular weight excluding hydrogens is 242 g/mol. The minimum Gasteiger partial charge on any atom is -0.478 e. The van der Waals surface area contributed by atoms with Gasteiger partial charge in [0.05, 0.1) is 24.3 Å². The van der Waals surface area contributed by atoms with Gasteiger partial charge in [-0.2, -0.15) is 0 Å². The van der Waals surface area contributed by atoms with Crippen LogP contribution in [0.15, 0.2) is 36.5 Å². The molecule has 0 radical (unpaired) electrons. The minimum atomic E-state index is -0.925. The Hall–Kier alpha value is -2.20. The van der Waals surface area contributed by atoms with Gasteiger partial charge in [-0.25, -0.2) is 4.79 Å². The predicted octanol–water partition coefficient (Wildman–Crippen LogP) is 2.74. The summed E-state index contributed by atoms with van der Waals surface area (Å²) in [5.74, 6) is -0.925. The Morgan fingerprint density at radius 2 is 2.21 bits per heavy atom. The molecule has 2 aromatic rings. The lowest BCUT2D eigenvalue weighted by Crippen LogP contribution is -2.04. The van der Waals surface area contributed by atoms with Gasteiger partial charge in [-0.15, -0.1) is 0 Å². The molecule has 0 fully saturated rings. The van der Waals surface area contributed by atoms with Crippen LogP contribution in [-0.4, -0.2) is 29.3 Å². The van der Waals surface area contributed by atoms with E-state index in [1.807, 2.05) is 24.3 Å². The van der Waals surface area contributed by atoms with E-state index in [2.05, 4.69) is 4.98 Å². The maximum atomic E-state index is 11.2. The number of ether oxygens (including phenoxy) is 1. The summed E-state index contributed by atoms with van der Waals surface area (Å²) < 4.78 is 5.29. The number of aromatic nitrogens is 1. The van der Waals surface area contributed by atoms with Gasteiger partial charge in [-0.3, -0.25) is 4.98 Å². The third kappa shape index (κ3) is 2.22. The lowest BCUT2D eigenvalue weighted by atomic mass is 9.98. The summed E-state index contributed by atoms with van der Waals surface area (Å²) in [6, 6.07) is 7.29. The van der Waals surface area contributed by atoms with E-state index < -0.39 is 5.97 Å². The maximum Gasteiger partial charge on any atom is 0.336 e. The second kappa shape index (κ2) is 4.82. The summed E-state index contributed by atoms with van der Waals surface area (Å²) in [6.07, 6.45) is 4.43. The zero-order chi connectivity index (χ0) is 13.2. The first-order chi connectivity index (χ1) is 9.25. The molecule has 0 saturated heterocycles. The van der Waals surface area contributed by atoms with Crippen LogP contribution in [-0.2, 0) is 4.74 Å². The van der Waals surface area contributed by atoms with Crippen molar-refractivity contribution in [3.05, 3.63) is 47.7 Å². The van der Waals surface area contributed by atoms with E-state index in [0.717, 1.165) is 12.0 Å². The molecule has 3 rings (SSSR count). The van der Waals surface area contributed by atoms with Gasteiger partial charge in [0.15, 0.2) is 0 Å². The highest BCUT2D eigenvalue weighted by molar-refractivity contribution is 6.03. The minimum absolute atomic E-state index is 0.291. The van der Waals surface area contributed by atoms with Crippen molar-refractivity contribution in [2.45, 2.75) is 6.42 Å². The largest absolute Gasteiger partial charge is 0.478 e. The van der Waals surface area contributed by atoms with Crippen molar-refractivity contribution in [1.29, 1.82) is 0 Å². The van der Waals surface area contributed by atoms with Gasteiger partial charge >= 0.3 is 5.97 Å². The molecule has 4 nitrogen and oxygen atoms in total. The molecule has 1 aromatic heterocycles. The number of carboxylic acid groups (broad SMARTS) is 1. The van der Waals surface area contributed by atoms with E-state index in [9.17, 15) is 9.90 Å². The quantitative estimate of drug-likeness (QED) is 0.896. The summed E-state index contributed by atoms with van der Waals surface area (Å²) in [7, 11) is 0. The number of carboxylic acids is 1. The number of pyridine rings is 1. The molecule has 4 heteroatoms. The molecule has 0 atom stereocenters. The fraction of sp³-hybridized carbons (Fsp3) is 0.200. The highest BCUT2D eigenvalue weighted by Crippen LogP contribution is 2.26. The summed E-state index contributed by atoms with van der Waals surface area (Å²) in [5.41, 5.74) is 3.25. The predicted molar refractivity (Wildman–Crippen MR) is 72.1 cm³/mol. The lowest BCUT2D eigenvalue weighted by Gasteiger charge is -2.14. The number of hydrogen-bond donors (Lipinski definition) is 1. The van der Waals surface area contributed by atoms with Crippen LogP contribution in [0, 0.1) is 0 Å². The van der Waals surface area contributed by atoms with Gasteiger partial charge in [0, 0.05) is 11.6 Å². The first-order valence-electron chi connectivity index (χ1n) is 6.15. The molecule has 0 spiro atoms. The van der Waals surface area contributed by atoms with Crippen LogP contribution < -0.4 is 0 Å². The monoisotopic (exact) mass is 255 g/mol. The Bertz CT molecular complexity index is 676. The van der Waals surface area contributed by atoms with Crippen molar-refractivity contribution in [1.82, 2.24) is 4.98 Å². The van der Waals surface area contributed by atoms with Crippen LogP contribution in [0.1, 0.15) is 22.3 Å². The van der Waals surface area contributed by atoms with E-state index in [-0.39, 0.29) is 0 Å². The van der Waals surface area contributed by atoms with Crippen molar-refractivity contribution in [3.63, 3.8) is 0 Å². The fourth-order valence-corrected chi connectivity index (χ4v) is 2.32. The Labute approximate surface area is 110 Å². The van der Waals surface area contributed by atoms with Gasteiger partial charge in [0.2, 0.25) is 0 Å². The second-order valence-electron chi connectivity index (χ2n) is 4.45. The molecule has 96 valence electrons. The van der Waals surface area contributed by atoms with Crippen LogP contribution in [0.5, 0.6) is 0 Å². The number of nitrogens with zero attached hydrogens (tertiary/aromatic N) is 1. The molecule has 19 heavy (non-hydrogen) atoms. The van der Waals surface area contributed by atoms with Crippen molar-refractivity contribution in [2.24, 2.45) is 0 Å². The van der Waals surface area contributed by atoms with E-state index >= 15 is 0 Å². The van der Waals surface area contributed by atoms with E-state index in [0.29, 0.717) is 29.7 Å². The summed E-state index contributed by atoms with van der Waals surface area (Å²) >= 11 is 0. The zero-order valence-corrected chi connectivity index (χ0v) is 10.3. The summed E-state index contributed by atoms with van der Waals surface area (Å²) in [4.78, 5) is 15.4. The first kappa shape index (κ1) is 11.9. The summed E-state index contributed by atoms with van der Waals surface area (Å²) in [6.45, 7) is 1.33. The zero-order valence-electron chi connectivity index (χ0n) is 10.3. The molecule has 0 amide bonds. The normalized spacial score (nSPS) is 15.3. The second-order valence-corrected chi connectivity index (χ2v) is 4.45. The summed E-state index contributed by atoms with van der Waals surface area (Å²) in [5, 5.41) is 9.90. The molecule has 1 aliphatic heterocycles. The topological polar surface area (TPSA) is 59.4 Å². The highest BCUT2D eigenvalue weighted by Gasteiger charge is 2.12. The number of fused-ring (bicyclic) bond motifs is 1. The Balaban J connectivity index is 2.16. The molecule has 1 aliphatic rings. The third-order valence-corrected chi connectivity index (χ3v) is 3.31. The van der Waals surface area contributed by atoms with Gasteiger partial charge in [0.25, 0.3) is 0 Å². The smallest absolute Gasteiger partial charge is 0.336 e. The first-order valence-corrected chi connectivity index (χ1v) is 6.15. The van der Waals surface area contributed by atoms with Gasteiger partial charge in [-0.05, 0) is 35.8 Å². The standard InChI is InChI=1S/C15H13NO3/c17-15(18)12-3-6-16-14-2-1-11(9-13(12)14)10-4-7-19-8-5-10/h1-4,6,9H,5,7-8H2,(H,17,18). The van der Waals surface area contributed by atoms with Crippen molar-refractivity contribution in [2.75, 3.05) is 13.2 Å². The van der Waals surface area contributed by atoms with Gasteiger partial charge in [-0.1, -0.05) is 12.1 Å². The third-order valence-electron chi connectivity index (χ3n) is 3.31. The van der Waals surface area contributed by atoms with E-state index in [1.54, 1.807) is 0 Å². The Kier molecular flexibility index (Phi) is 3.01. The molecule has 1 aromatic carbocycles. The number of hydrogen-bond acceptors (Lipinski definition) is 3. The van der Waals surface area contributed by atoms with Crippen LogP contribution in [0.2, 0.25) is 0 Å². The number of carbonyl (C=O) groups is 1. The molecule has 0 unspecified atom stereocenters. The van der Waals surface area contributed by atoms with Gasteiger partial charge in [0.1, 0.15) is 0 Å². The molecule has 0 aliphatic carbocycles. The Morgan fingerprint density at radius 3 is 2.95 bits per heavy atom. The van der Waals surface area contributed by atoms with E-state index in [1.165, 1.54) is 17.8 Å². The SMILES string of the molecule is O=C(O)c1ccnc2ccc(C3=CCOCC3)cc12. The maximum absolute atomic E-state index is 11.2. The highest BCUT2D eigenvalue weighted by atomic mass is 16.5. The lowest BCUT2D eigenvalue weighted by molar-refractivity contribution is 0.0699. The van der Waals surface area contributed by atoms with Crippen LogP contribution in [0.3, 0.4) is 0 Å². The fourth-order valence-electron chi connectivity index (χ4n) is 2.32. The Morgan fingerprint density at radius 1 is 1.32 bits per heavy atom. The molecule has 2 heterocycles. The molecule has 0 bridgehead atoms. The van der Waals surface area contributed by atoms with E-state index in [4.69, 9.17) is 4.74 Å². The molecule has 1 N–H and O–H groups in total. The van der Waals surface area contributed by atoms with Crippen molar-refractivity contribution < 1.29 is 14.6 Å². The van der Waals surface area contributed by atoms with Gasteiger partial charge < -0.3 is 9.84 Å². The average molecular weight is 255 g/mol. The number of aromatic carboxylic acids is 1. The van der Waals surface area contributed by atoms with Crippen LogP contribution >= 0.6 is 0 Å². The molecular formula is C15H13NO3. The van der Waals surface area contributed by atoms with Crippen molar-refractivity contribution >= 4 is 22.4 Å². The van der Waals surface area contributed by atoms with Crippen molar-refractivity contribution in [3.8, 4) is 0 Å². The number of benzene rings is 1. The van der Waals surface area contributed by atoms with Crippen LogP contribution in [0.25, 0.3) is 16.5 Å².